The first-order chi connectivity index (χ1) is 4.84. The molecule has 10 heavy (non-hydrogen) atoms. The molecule has 0 fully saturated rings. The summed E-state index contributed by atoms with van der Waals surface area (Å²) in [4.78, 5) is 7.86. The topological polar surface area (TPSA) is 51.8 Å². The normalized spacial score (nSPS) is 12.4. The molecule has 0 aliphatic rings. The number of rotatable bonds is 1. The number of hydrogen-bond donors (Lipinski definition) is 1. The molecule has 3 nitrogen and oxygen atoms in total. The Hall–Kier alpha value is -0.360. The second-order valence-corrected chi connectivity index (χ2v) is 3.98. The predicted octanol–water partition coefficient (Wildman–Crippen LogP) is 0.861. The lowest BCUT2D eigenvalue weighted by molar-refractivity contribution is 1.15. The summed E-state index contributed by atoms with van der Waals surface area (Å²) in [7, 11) is 0. The van der Waals surface area contributed by atoms with Crippen molar-refractivity contribution in [3.63, 3.8) is 0 Å². The summed E-state index contributed by atoms with van der Waals surface area (Å²) in [6.07, 6.45) is 3.27. The third-order valence-corrected chi connectivity index (χ3v) is 2.59. The maximum absolute atomic E-state index is 5.52. The maximum atomic E-state index is 5.52. The zero-order chi connectivity index (χ0) is 7.40. The fourth-order valence-electron chi connectivity index (χ4n) is 0.550. The number of nitrogens with zero attached hydrogens (tertiary/aromatic N) is 2. The van der Waals surface area contributed by atoms with Crippen molar-refractivity contribution in [3.8, 4) is 0 Å². The minimum Gasteiger partial charge on any atom is -0.280 e. The van der Waals surface area contributed by atoms with E-state index in [2.05, 4.69) is 9.97 Å². The van der Waals surface area contributed by atoms with Crippen LogP contribution in [0, 0.1) is 0 Å². The molecular formula is C6H8IN3. The van der Waals surface area contributed by atoms with Crippen molar-refractivity contribution in [3.05, 3.63) is 24.3 Å². The highest BCUT2D eigenvalue weighted by molar-refractivity contribution is 14.2. The fourth-order valence-corrected chi connectivity index (χ4v) is 1.19. The van der Waals surface area contributed by atoms with Crippen LogP contribution in [0.15, 0.2) is 18.6 Å². The lowest BCUT2D eigenvalue weighted by Crippen LogP contribution is -1.96. The van der Waals surface area contributed by atoms with Gasteiger partial charge in [0, 0.05) is 9.71 Å². The van der Waals surface area contributed by atoms with Crippen molar-refractivity contribution >= 4 is 24.5 Å². The molecule has 0 aliphatic carbocycles. The molecule has 0 saturated heterocycles. The van der Waals surface area contributed by atoms with E-state index in [-0.39, 0.29) is 21.0 Å². The third kappa shape index (κ3) is 1.81. The molecule has 0 bridgehead atoms. The van der Waals surface area contributed by atoms with E-state index >= 15 is 0 Å². The average molecular weight is 249 g/mol. The molecule has 1 aromatic rings. The van der Waals surface area contributed by atoms with Crippen LogP contribution in [0.25, 0.3) is 0 Å². The van der Waals surface area contributed by atoms with Gasteiger partial charge in [0.25, 0.3) is 0 Å². The van der Waals surface area contributed by atoms with Crippen molar-refractivity contribution in [2.75, 3.05) is 0 Å². The Morgan fingerprint density at radius 3 is 3.00 bits per heavy atom. The molecule has 1 rings (SSSR count). The molecule has 1 aromatic heterocycles. The van der Waals surface area contributed by atoms with Crippen LogP contribution < -0.4 is 3.95 Å². The number of nitrogens with two attached hydrogens (primary N) is 1. The van der Waals surface area contributed by atoms with E-state index in [4.69, 9.17) is 3.95 Å². The molecule has 0 saturated carbocycles. The van der Waals surface area contributed by atoms with Crippen LogP contribution in [0.4, 0.5) is 0 Å². The molecule has 0 atom stereocenters. The Labute approximate surface area is 69.8 Å². The highest BCUT2D eigenvalue weighted by Crippen LogP contribution is 1.98. The number of halogens is 1. The van der Waals surface area contributed by atoms with Crippen molar-refractivity contribution in [2.45, 2.75) is 6.92 Å². The second kappa shape index (κ2) is 3.72. The van der Waals surface area contributed by atoms with Gasteiger partial charge in [-0.2, -0.15) is 0 Å². The fraction of sp³-hybridized carbons (Fsp3) is 0.167. The van der Waals surface area contributed by atoms with E-state index in [1.807, 2.05) is 13.0 Å². The summed E-state index contributed by atoms with van der Waals surface area (Å²) in [5, 5.41) is 0. The smallest absolute Gasteiger partial charge is 0.116 e. The van der Waals surface area contributed by atoms with Gasteiger partial charge in [-0.25, -0.2) is 9.97 Å². The van der Waals surface area contributed by atoms with Crippen LogP contribution in [-0.4, -0.2) is 13.5 Å². The van der Waals surface area contributed by atoms with Gasteiger partial charge in [-0.3, -0.25) is 3.95 Å². The summed E-state index contributed by atoms with van der Waals surface area (Å²) in [6.45, 7) is 2.01. The van der Waals surface area contributed by atoms with Crippen molar-refractivity contribution in [1.29, 1.82) is 0 Å². The van der Waals surface area contributed by atoms with Crippen LogP contribution in [0.3, 0.4) is 0 Å². The summed E-state index contributed by atoms with van der Waals surface area (Å²) >= 11 is -0.308. The van der Waals surface area contributed by atoms with Crippen molar-refractivity contribution < 1.29 is 0 Å². The van der Waals surface area contributed by atoms with Gasteiger partial charge in [-0.1, -0.05) is 0 Å². The van der Waals surface area contributed by atoms with E-state index in [0.717, 1.165) is 5.69 Å². The van der Waals surface area contributed by atoms with E-state index in [1.165, 1.54) is 9.84 Å². The molecule has 0 aliphatic heterocycles. The molecule has 54 valence electrons. The quantitative estimate of drug-likeness (QED) is 0.593. The van der Waals surface area contributed by atoms with Gasteiger partial charge in [-0.15, -0.1) is 0 Å². The molecular weight excluding hydrogens is 241 g/mol. The standard InChI is InChI=1S/C6H8IN3/c1-5(7-8)6-2-3-9-4-10-6/h2-4H,8H2,1H3. The number of hydrogen-bond acceptors (Lipinski definition) is 3. The molecule has 0 amide bonds. The van der Waals surface area contributed by atoms with Gasteiger partial charge in [0.05, 0.1) is 5.69 Å². The van der Waals surface area contributed by atoms with E-state index < -0.39 is 0 Å². The molecule has 1 heterocycles. The van der Waals surface area contributed by atoms with Gasteiger partial charge >= 0.3 is 0 Å². The summed E-state index contributed by atoms with van der Waals surface area (Å²) in [6, 6.07) is 1.88. The zero-order valence-electron chi connectivity index (χ0n) is 5.58. The Bertz CT molecular complexity index is 232. The van der Waals surface area contributed by atoms with E-state index in [0.29, 0.717) is 0 Å². The Balaban J connectivity index is 2.96. The summed E-state index contributed by atoms with van der Waals surface area (Å²) in [5.41, 5.74) is 0.977. The minimum absolute atomic E-state index is 0.308. The maximum Gasteiger partial charge on any atom is 0.116 e. The van der Waals surface area contributed by atoms with Crippen LogP contribution in [0.2, 0.25) is 0 Å². The Kier molecular flexibility index (Phi) is 2.88. The zero-order valence-corrected chi connectivity index (χ0v) is 7.74. The van der Waals surface area contributed by atoms with Crippen molar-refractivity contribution in [1.82, 2.24) is 9.97 Å². The first-order valence-corrected chi connectivity index (χ1v) is 5.10. The first-order valence-electron chi connectivity index (χ1n) is 2.78. The van der Waals surface area contributed by atoms with Crippen LogP contribution in [0.5, 0.6) is 0 Å². The molecule has 2 N–H and O–H groups in total. The summed E-state index contributed by atoms with van der Waals surface area (Å²) < 4.78 is 6.71. The van der Waals surface area contributed by atoms with Crippen LogP contribution in [-0.2, 0) is 0 Å². The van der Waals surface area contributed by atoms with Crippen molar-refractivity contribution in [2.24, 2.45) is 3.95 Å². The minimum atomic E-state index is -0.308. The van der Waals surface area contributed by atoms with Crippen LogP contribution >= 0.6 is 21.0 Å². The predicted molar refractivity (Wildman–Crippen MR) is 50.0 cm³/mol. The van der Waals surface area contributed by atoms with Crippen LogP contribution in [0.1, 0.15) is 12.6 Å². The Morgan fingerprint density at radius 2 is 2.50 bits per heavy atom. The monoisotopic (exact) mass is 249 g/mol. The van der Waals surface area contributed by atoms with Gasteiger partial charge < -0.3 is 0 Å². The molecule has 0 radical (unpaired) electrons. The highest BCUT2D eigenvalue weighted by Gasteiger charge is 1.92. The second-order valence-electron chi connectivity index (χ2n) is 1.74. The lowest BCUT2D eigenvalue weighted by Gasteiger charge is -1.94. The largest absolute Gasteiger partial charge is 0.280 e. The van der Waals surface area contributed by atoms with Gasteiger partial charge in [0.1, 0.15) is 6.33 Å². The Morgan fingerprint density at radius 1 is 1.70 bits per heavy atom. The van der Waals surface area contributed by atoms with E-state index in [9.17, 15) is 0 Å². The van der Waals surface area contributed by atoms with E-state index in [1.54, 1.807) is 6.20 Å². The third-order valence-electron chi connectivity index (χ3n) is 1.10. The van der Waals surface area contributed by atoms with Gasteiger partial charge in [0.15, 0.2) is 0 Å². The SMILES string of the molecule is CC(=IN)c1ccncn1. The average Bonchev–Trinajstić information content (AvgIpc) is 2.05. The van der Waals surface area contributed by atoms with Gasteiger partial charge in [0.2, 0.25) is 0 Å². The molecule has 0 spiro atoms. The lowest BCUT2D eigenvalue weighted by atomic mass is 10.3. The molecule has 4 heteroatoms. The summed E-state index contributed by atoms with van der Waals surface area (Å²) in [5.74, 6) is 0. The number of aromatic nitrogens is 2. The highest BCUT2D eigenvalue weighted by atomic mass is 127. The first kappa shape index (κ1) is 7.74. The van der Waals surface area contributed by atoms with Gasteiger partial charge in [-0.05, 0) is 34.0 Å². The molecule has 0 unspecified atom stereocenters. The molecule has 0 aromatic carbocycles.